The summed E-state index contributed by atoms with van der Waals surface area (Å²) >= 11 is 0. The summed E-state index contributed by atoms with van der Waals surface area (Å²) in [6.45, 7) is 1.92. The van der Waals surface area contributed by atoms with Crippen LogP contribution in [0.25, 0.3) is 0 Å². The third kappa shape index (κ3) is 3.92. The van der Waals surface area contributed by atoms with Gasteiger partial charge in [0.25, 0.3) is 0 Å². The van der Waals surface area contributed by atoms with Crippen LogP contribution in [0.1, 0.15) is 15.9 Å². The lowest BCUT2D eigenvalue weighted by Crippen LogP contribution is -2.48. The molecule has 0 aliphatic carbocycles. The van der Waals surface area contributed by atoms with Gasteiger partial charge in [0.15, 0.2) is 0 Å². The molecule has 0 atom stereocenters. The standard InChI is InChI=1S/C18H19FN2O4S/c19-15-7-6-14(17(12-15)18(22)23)13-20-8-10-21(11-9-20)26(24,25)16-4-2-1-3-5-16/h1-7,12H,8-11,13H2,(H,22,23). The Morgan fingerprint density at radius 2 is 1.69 bits per heavy atom. The molecule has 138 valence electrons. The molecular weight excluding hydrogens is 359 g/mol. The van der Waals surface area contributed by atoms with Gasteiger partial charge in [-0.15, -0.1) is 0 Å². The summed E-state index contributed by atoms with van der Waals surface area (Å²) in [5, 5.41) is 9.22. The lowest BCUT2D eigenvalue weighted by molar-refractivity contribution is 0.0693. The molecule has 3 rings (SSSR count). The first-order valence-corrected chi connectivity index (χ1v) is 9.61. The number of carboxylic acids is 1. The normalized spacial score (nSPS) is 16.5. The second kappa shape index (κ2) is 7.53. The second-order valence-electron chi connectivity index (χ2n) is 6.10. The van der Waals surface area contributed by atoms with Crippen molar-refractivity contribution in [2.24, 2.45) is 0 Å². The summed E-state index contributed by atoms with van der Waals surface area (Å²) in [5.41, 5.74) is 0.447. The molecule has 2 aromatic rings. The smallest absolute Gasteiger partial charge is 0.336 e. The van der Waals surface area contributed by atoms with Gasteiger partial charge in [0, 0.05) is 32.7 Å². The van der Waals surface area contributed by atoms with Gasteiger partial charge in [-0.2, -0.15) is 4.31 Å². The van der Waals surface area contributed by atoms with E-state index in [0.29, 0.717) is 38.3 Å². The molecular formula is C18H19FN2O4S. The zero-order valence-electron chi connectivity index (χ0n) is 14.0. The van der Waals surface area contributed by atoms with Crippen molar-refractivity contribution in [3.8, 4) is 0 Å². The van der Waals surface area contributed by atoms with Crippen molar-refractivity contribution >= 4 is 16.0 Å². The van der Waals surface area contributed by atoms with Crippen LogP contribution >= 0.6 is 0 Å². The summed E-state index contributed by atoms with van der Waals surface area (Å²) in [4.78, 5) is 13.5. The summed E-state index contributed by atoms with van der Waals surface area (Å²) in [6.07, 6.45) is 0. The predicted molar refractivity (Wildman–Crippen MR) is 93.8 cm³/mol. The van der Waals surface area contributed by atoms with Crippen LogP contribution in [0.2, 0.25) is 0 Å². The highest BCUT2D eigenvalue weighted by Crippen LogP contribution is 2.19. The van der Waals surface area contributed by atoms with E-state index >= 15 is 0 Å². The number of sulfonamides is 1. The summed E-state index contributed by atoms with van der Waals surface area (Å²) in [6, 6.07) is 12.0. The molecule has 0 bridgehead atoms. The SMILES string of the molecule is O=C(O)c1cc(F)ccc1CN1CCN(S(=O)(=O)c2ccccc2)CC1. The number of hydrogen-bond donors (Lipinski definition) is 1. The number of hydrogen-bond acceptors (Lipinski definition) is 4. The first kappa shape index (κ1) is 18.5. The average Bonchev–Trinajstić information content (AvgIpc) is 2.64. The van der Waals surface area contributed by atoms with Crippen molar-refractivity contribution < 1.29 is 22.7 Å². The van der Waals surface area contributed by atoms with E-state index in [9.17, 15) is 22.7 Å². The van der Waals surface area contributed by atoms with Gasteiger partial charge in [-0.25, -0.2) is 17.6 Å². The molecule has 26 heavy (non-hydrogen) atoms. The highest BCUT2D eigenvalue weighted by molar-refractivity contribution is 7.89. The van der Waals surface area contributed by atoms with E-state index in [1.807, 2.05) is 4.90 Å². The summed E-state index contributed by atoms with van der Waals surface area (Å²) < 4.78 is 40.0. The van der Waals surface area contributed by atoms with Gasteiger partial charge in [0.1, 0.15) is 5.82 Å². The van der Waals surface area contributed by atoms with Crippen molar-refractivity contribution in [1.29, 1.82) is 0 Å². The van der Waals surface area contributed by atoms with Gasteiger partial charge < -0.3 is 5.11 Å². The van der Waals surface area contributed by atoms with E-state index in [0.717, 1.165) is 6.07 Å². The van der Waals surface area contributed by atoms with Crippen molar-refractivity contribution in [2.45, 2.75) is 11.4 Å². The Bertz CT molecular complexity index is 895. The zero-order chi connectivity index (χ0) is 18.7. The minimum absolute atomic E-state index is 0.0654. The lowest BCUT2D eigenvalue weighted by Gasteiger charge is -2.34. The Hall–Kier alpha value is -2.29. The van der Waals surface area contributed by atoms with Crippen LogP contribution < -0.4 is 0 Å². The third-order valence-corrected chi connectivity index (χ3v) is 6.32. The van der Waals surface area contributed by atoms with Crippen LogP contribution in [0, 0.1) is 5.82 Å². The van der Waals surface area contributed by atoms with Gasteiger partial charge in [0.05, 0.1) is 10.5 Å². The number of piperazine rings is 1. The molecule has 0 saturated carbocycles. The average molecular weight is 378 g/mol. The topological polar surface area (TPSA) is 77.9 Å². The molecule has 0 spiro atoms. The molecule has 0 radical (unpaired) electrons. The molecule has 2 aromatic carbocycles. The lowest BCUT2D eigenvalue weighted by atomic mass is 10.1. The number of carbonyl (C=O) groups is 1. The molecule has 1 heterocycles. The first-order valence-electron chi connectivity index (χ1n) is 8.17. The maximum atomic E-state index is 13.3. The Morgan fingerprint density at radius 1 is 1.04 bits per heavy atom. The highest BCUT2D eigenvalue weighted by atomic mass is 32.2. The quantitative estimate of drug-likeness (QED) is 0.861. The molecule has 8 heteroatoms. The molecule has 1 N–H and O–H groups in total. The fourth-order valence-corrected chi connectivity index (χ4v) is 4.44. The minimum atomic E-state index is -3.52. The van der Waals surface area contributed by atoms with Gasteiger partial charge in [0.2, 0.25) is 10.0 Å². The van der Waals surface area contributed by atoms with E-state index in [4.69, 9.17) is 0 Å². The predicted octanol–water partition coefficient (Wildman–Crippen LogP) is 2.03. The molecule has 0 amide bonds. The zero-order valence-corrected chi connectivity index (χ0v) is 14.8. The van der Waals surface area contributed by atoms with Crippen molar-refractivity contribution in [2.75, 3.05) is 26.2 Å². The van der Waals surface area contributed by atoms with E-state index in [-0.39, 0.29) is 10.5 Å². The van der Waals surface area contributed by atoms with E-state index in [1.165, 1.54) is 16.4 Å². The van der Waals surface area contributed by atoms with E-state index in [1.54, 1.807) is 30.3 Å². The molecule has 0 unspecified atom stereocenters. The van der Waals surface area contributed by atoms with Gasteiger partial charge in [-0.05, 0) is 29.8 Å². The largest absolute Gasteiger partial charge is 0.478 e. The highest BCUT2D eigenvalue weighted by Gasteiger charge is 2.28. The minimum Gasteiger partial charge on any atom is -0.478 e. The number of benzene rings is 2. The fraction of sp³-hybridized carbons (Fsp3) is 0.278. The van der Waals surface area contributed by atoms with Crippen LogP contribution in [0.3, 0.4) is 0 Å². The summed E-state index contributed by atoms with van der Waals surface area (Å²) in [7, 11) is -3.52. The van der Waals surface area contributed by atoms with Gasteiger partial charge in [-0.1, -0.05) is 24.3 Å². The third-order valence-electron chi connectivity index (χ3n) is 4.41. The number of rotatable bonds is 5. The second-order valence-corrected chi connectivity index (χ2v) is 8.04. The van der Waals surface area contributed by atoms with E-state index < -0.39 is 21.8 Å². The van der Waals surface area contributed by atoms with Crippen molar-refractivity contribution in [1.82, 2.24) is 9.21 Å². The number of halogens is 1. The summed E-state index contributed by atoms with van der Waals surface area (Å²) in [5.74, 6) is -1.77. The van der Waals surface area contributed by atoms with Crippen LogP contribution in [0.4, 0.5) is 4.39 Å². The maximum absolute atomic E-state index is 13.3. The van der Waals surface area contributed by atoms with Crippen LogP contribution in [0.5, 0.6) is 0 Å². The van der Waals surface area contributed by atoms with E-state index in [2.05, 4.69) is 0 Å². The van der Waals surface area contributed by atoms with Crippen molar-refractivity contribution in [3.05, 3.63) is 65.5 Å². The Kier molecular flexibility index (Phi) is 5.36. The maximum Gasteiger partial charge on any atom is 0.336 e. The molecule has 0 aromatic heterocycles. The number of carboxylic acid groups (broad SMARTS) is 1. The molecule has 1 saturated heterocycles. The van der Waals surface area contributed by atoms with Gasteiger partial charge in [-0.3, -0.25) is 4.90 Å². The number of nitrogens with zero attached hydrogens (tertiary/aromatic N) is 2. The van der Waals surface area contributed by atoms with Crippen LogP contribution in [0.15, 0.2) is 53.4 Å². The van der Waals surface area contributed by atoms with Crippen LogP contribution in [-0.2, 0) is 16.6 Å². The molecule has 6 nitrogen and oxygen atoms in total. The first-order chi connectivity index (χ1) is 12.4. The van der Waals surface area contributed by atoms with Gasteiger partial charge >= 0.3 is 5.97 Å². The fourth-order valence-electron chi connectivity index (χ4n) is 3.00. The molecule has 1 fully saturated rings. The molecule has 1 aliphatic heterocycles. The van der Waals surface area contributed by atoms with Crippen molar-refractivity contribution in [3.63, 3.8) is 0 Å². The Morgan fingerprint density at radius 3 is 2.31 bits per heavy atom. The van der Waals surface area contributed by atoms with Crippen LogP contribution in [-0.4, -0.2) is 54.9 Å². The molecule has 1 aliphatic rings. The Balaban J connectivity index is 1.67. The monoisotopic (exact) mass is 378 g/mol. The number of aromatic carboxylic acids is 1. The Labute approximate surface area is 151 Å².